The molecule has 6 nitrogen and oxygen atoms in total. The van der Waals surface area contributed by atoms with Crippen molar-refractivity contribution in [3.8, 4) is 0 Å². The molecule has 2 aromatic rings. The van der Waals surface area contributed by atoms with Gasteiger partial charge in [-0.25, -0.2) is 0 Å². The van der Waals surface area contributed by atoms with E-state index in [2.05, 4.69) is 0 Å². The van der Waals surface area contributed by atoms with Crippen molar-refractivity contribution >= 4 is 17.4 Å². The fraction of sp³-hybridized carbons (Fsp3) is 0.333. The minimum atomic E-state index is -0.753. The van der Waals surface area contributed by atoms with Crippen LogP contribution in [-0.4, -0.2) is 42.0 Å². The number of aliphatic hydroxyl groups excluding tert-OH is 1. The smallest absolute Gasteiger partial charge is 0.295 e. The molecule has 2 heterocycles. The van der Waals surface area contributed by atoms with E-state index in [9.17, 15) is 14.7 Å². The van der Waals surface area contributed by atoms with Gasteiger partial charge in [-0.05, 0) is 44.0 Å². The van der Waals surface area contributed by atoms with Crippen LogP contribution in [0.25, 0.3) is 5.76 Å². The number of hydrogen-bond donors (Lipinski definition) is 1. The second kappa shape index (κ2) is 7.80. The Morgan fingerprint density at radius 3 is 2.70 bits per heavy atom. The third-order valence-corrected chi connectivity index (χ3v) is 4.75. The van der Waals surface area contributed by atoms with Crippen molar-refractivity contribution in [1.82, 2.24) is 4.90 Å². The largest absolute Gasteiger partial charge is 0.507 e. The van der Waals surface area contributed by atoms with Crippen molar-refractivity contribution in [2.24, 2.45) is 0 Å². The highest BCUT2D eigenvalue weighted by Gasteiger charge is 2.47. The number of ether oxygens (including phenoxy) is 1. The zero-order valence-corrected chi connectivity index (χ0v) is 15.7. The lowest BCUT2D eigenvalue weighted by Crippen LogP contribution is -2.31. The van der Waals surface area contributed by atoms with Crippen molar-refractivity contribution in [3.63, 3.8) is 0 Å². The number of hydrogen-bond acceptors (Lipinski definition) is 5. The van der Waals surface area contributed by atoms with Gasteiger partial charge in [0.2, 0.25) is 0 Å². The summed E-state index contributed by atoms with van der Waals surface area (Å²) in [5.41, 5.74) is 2.37. The van der Waals surface area contributed by atoms with Gasteiger partial charge in [0, 0.05) is 25.8 Å². The summed E-state index contributed by atoms with van der Waals surface area (Å²) in [6.07, 6.45) is 2.06. The van der Waals surface area contributed by atoms with Crippen molar-refractivity contribution in [3.05, 3.63) is 64.6 Å². The normalized spacial score (nSPS) is 19.1. The van der Waals surface area contributed by atoms with Crippen LogP contribution < -0.4 is 0 Å². The Hall–Kier alpha value is -2.86. The van der Waals surface area contributed by atoms with E-state index in [1.807, 2.05) is 32.0 Å². The Kier molecular flexibility index (Phi) is 5.46. The first kappa shape index (κ1) is 18.9. The molecule has 0 saturated carbocycles. The van der Waals surface area contributed by atoms with E-state index >= 15 is 0 Å². The maximum absolute atomic E-state index is 12.8. The van der Waals surface area contributed by atoms with Gasteiger partial charge in [-0.2, -0.15) is 0 Å². The van der Waals surface area contributed by atoms with Crippen molar-refractivity contribution < 1.29 is 23.8 Å². The molecule has 1 aromatic heterocycles. The summed E-state index contributed by atoms with van der Waals surface area (Å²) < 4.78 is 10.6. The Labute approximate surface area is 158 Å². The predicted molar refractivity (Wildman–Crippen MR) is 100 cm³/mol. The van der Waals surface area contributed by atoms with Crippen LogP contribution in [0.3, 0.4) is 0 Å². The van der Waals surface area contributed by atoms with E-state index in [0.29, 0.717) is 30.9 Å². The highest BCUT2D eigenvalue weighted by molar-refractivity contribution is 6.46. The molecule has 1 aliphatic heterocycles. The van der Waals surface area contributed by atoms with E-state index in [0.717, 1.165) is 11.1 Å². The van der Waals surface area contributed by atoms with Gasteiger partial charge in [-0.15, -0.1) is 0 Å². The number of benzene rings is 1. The molecule has 1 N–H and O–H groups in total. The zero-order chi connectivity index (χ0) is 19.6. The zero-order valence-electron chi connectivity index (χ0n) is 15.7. The topological polar surface area (TPSA) is 80.0 Å². The lowest BCUT2D eigenvalue weighted by Gasteiger charge is -2.23. The third-order valence-electron chi connectivity index (χ3n) is 4.75. The molecule has 1 saturated heterocycles. The first-order valence-electron chi connectivity index (χ1n) is 8.84. The van der Waals surface area contributed by atoms with Crippen LogP contribution in [0.5, 0.6) is 0 Å². The molecular formula is C21H23NO5. The number of aliphatic hydroxyl groups is 1. The molecule has 1 amide bonds. The molecule has 1 atom stereocenters. The average molecular weight is 369 g/mol. The maximum atomic E-state index is 12.8. The average Bonchev–Trinajstić information content (AvgIpc) is 3.25. The number of furan rings is 1. The molecular weight excluding hydrogens is 346 g/mol. The molecule has 0 spiro atoms. The monoisotopic (exact) mass is 369 g/mol. The molecule has 1 aromatic carbocycles. The Balaban J connectivity index is 2.12. The summed E-state index contributed by atoms with van der Waals surface area (Å²) in [6, 6.07) is 8.26. The number of likely N-dealkylation sites (tertiary alicyclic amines) is 1. The minimum Gasteiger partial charge on any atom is -0.507 e. The number of amides is 1. The maximum Gasteiger partial charge on any atom is 0.295 e. The summed E-state index contributed by atoms with van der Waals surface area (Å²) in [5, 5.41) is 11.0. The molecule has 0 bridgehead atoms. The molecule has 27 heavy (non-hydrogen) atoms. The number of aryl methyl sites for hydroxylation is 2. The van der Waals surface area contributed by atoms with Crippen LogP contribution in [0.2, 0.25) is 0 Å². The summed E-state index contributed by atoms with van der Waals surface area (Å²) >= 11 is 0. The Bertz CT molecular complexity index is 882. The quantitative estimate of drug-likeness (QED) is 0.366. The number of rotatable bonds is 6. The van der Waals surface area contributed by atoms with Crippen LogP contribution in [-0.2, 0) is 14.3 Å². The fourth-order valence-corrected chi connectivity index (χ4v) is 3.37. The molecule has 0 radical (unpaired) electrons. The van der Waals surface area contributed by atoms with E-state index < -0.39 is 17.7 Å². The summed E-state index contributed by atoms with van der Waals surface area (Å²) in [5.74, 6) is -1.07. The summed E-state index contributed by atoms with van der Waals surface area (Å²) in [6.45, 7) is 4.55. The van der Waals surface area contributed by atoms with Crippen molar-refractivity contribution in [1.29, 1.82) is 0 Å². The molecule has 0 aliphatic carbocycles. The van der Waals surface area contributed by atoms with Gasteiger partial charge in [0.05, 0.1) is 11.8 Å². The second-order valence-corrected chi connectivity index (χ2v) is 6.67. The standard InChI is InChI=1S/C21H23NO5/c1-13-7-8-14(2)15(12-13)19(23)17-18(16-6-4-11-27-16)22(9-5-10-26-3)21(25)20(17)24/h4,6-8,11-12,18,23H,5,9-10H2,1-3H3/b19-17-. The van der Waals surface area contributed by atoms with Crippen LogP contribution in [0.4, 0.5) is 0 Å². The molecule has 1 aliphatic rings. The van der Waals surface area contributed by atoms with Crippen LogP contribution in [0, 0.1) is 13.8 Å². The van der Waals surface area contributed by atoms with Gasteiger partial charge >= 0.3 is 0 Å². The number of Topliss-reactive ketones (excluding diaryl/α,β-unsaturated/α-hetero) is 1. The van der Waals surface area contributed by atoms with Crippen LogP contribution in [0.15, 0.2) is 46.6 Å². The number of methoxy groups -OCH3 is 1. The summed E-state index contributed by atoms with van der Waals surface area (Å²) in [4.78, 5) is 26.9. The van der Waals surface area contributed by atoms with Gasteiger partial charge in [0.1, 0.15) is 17.6 Å². The second-order valence-electron chi connectivity index (χ2n) is 6.67. The molecule has 6 heteroatoms. The van der Waals surface area contributed by atoms with Gasteiger partial charge < -0.3 is 19.2 Å². The van der Waals surface area contributed by atoms with E-state index in [1.165, 1.54) is 11.2 Å². The molecule has 142 valence electrons. The SMILES string of the molecule is COCCCN1C(=O)C(=O)/C(=C(\O)c2cc(C)ccc2C)C1c1ccco1. The fourth-order valence-electron chi connectivity index (χ4n) is 3.37. The van der Waals surface area contributed by atoms with Gasteiger partial charge in [0.15, 0.2) is 0 Å². The number of ketones is 1. The molecule has 3 rings (SSSR count). The number of nitrogens with zero attached hydrogens (tertiary/aromatic N) is 1. The third kappa shape index (κ3) is 3.53. The number of carbonyl (C=O) groups excluding carboxylic acids is 2. The lowest BCUT2D eigenvalue weighted by molar-refractivity contribution is -0.140. The van der Waals surface area contributed by atoms with Crippen LogP contribution in [0.1, 0.15) is 34.9 Å². The van der Waals surface area contributed by atoms with Crippen LogP contribution >= 0.6 is 0 Å². The predicted octanol–water partition coefficient (Wildman–Crippen LogP) is 3.35. The van der Waals surface area contributed by atoms with Gasteiger partial charge in [0.25, 0.3) is 11.7 Å². The van der Waals surface area contributed by atoms with Crippen molar-refractivity contribution in [2.75, 3.05) is 20.3 Å². The first-order chi connectivity index (χ1) is 13.0. The van der Waals surface area contributed by atoms with E-state index in [1.54, 1.807) is 19.2 Å². The highest BCUT2D eigenvalue weighted by atomic mass is 16.5. The Morgan fingerprint density at radius 2 is 2.04 bits per heavy atom. The van der Waals surface area contributed by atoms with Gasteiger partial charge in [-0.1, -0.05) is 17.7 Å². The van der Waals surface area contributed by atoms with Gasteiger partial charge in [-0.3, -0.25) is 9.59 Å². The highest BCUT2D eigenvalue weighted by Crippen LogP contribution is 2.40. The van der Waals surface area contributed by atoms with Crippen molar-refractivity contribution in [2.45, 2.75) is 26.3 Å². The van der Waals surface area contributed by atoms with E-state index in [-0.39, 0.29) is 11.3 Å². The molecule has 1 unspecified atom stereocenters. The van der Waals surface area contributed by atoms with E-state index in [4.69, 9.17) is 9.15 Å². The first-order valence-corrected chi connectivity index (χ1v) is 8.84. The summed E-state index contributed by atoms with van der Waals surface area (Å²) in [7, 11) is 1.58. The molecule has 1 fully saturated rings. The minimum absolute atomic E-state index is 0.0565. The Morgan fingerprint density at radius 1 is 1.26 bits per heavy atom. The number of carbonyl (C=O) groups is 2. The lowest BCUT2D eigenvalue weighted by atomic mass is 9.96.